The van der Waals surface area contributed by atoms with Crippen LogP contribution in [-0.4, -0.2) is 5.91 Å². The molecule has 14 heavy (non-hydrogen) atoms. The van der Waals surface area contributed by atoms with Gasteiger partial charge in [-0.15, -0.1) is 0 Å². The number of carbonyl (C=O) groups is 1. The molecule has 76 valence electrons. The Morgan fingerprint density at radius 1 is 1.14 bits per heavy atom. The maximum atomic E-state index is 11.6. The summed E-state index contributed by atoms with van der Waals surface area (Å²) in [5, 5.41) is 2.88. The van der Waals surface area contributed by atoms with Crippen LogP contribution < -0.4 is 5.32 Å². The summed E-state index contributed by atoms with van der Waals surface area (Å²) in [5.41, 5.74) is 0.866. The van der Waals surface area contributed by atoms with Gasteiger partial charge in [-0.25, -0.2) is 0 Å². The fraction of sp³-hybridized carbons (Fsp3) is 0.417. The van der Waals surface area contributed by atoms with Crippen molar-refractivity contribution in [1.82, 2.24) is 0 Å². The van der Waals surface area contributed by atoms with Gasteiger partial charge in [-0.1, -0.05) is 39.0 Å². The van der Waals surface area contributed by atoms with Crippen LogP contribution in [-0.2, 0) is 4.79 Å². The fourth-order valence-corrected chi connectivity index (χ4v) is 1.08. The van der Waals surface area contributed by atoms with Gasteiger partial charge in [0.05, 0.1) is 0 Å². The van der Waals surface area contributed by atoms with Crippen molar-refractivity contribution < 1.29 is 4.79 Å². The van der Waals surface area contributed by atoms with E-state index in [-0.39, 0.29) is 11.8 Å². The Morgan fingerprint density at radius 3 is 2.21 bits per heavy atom. The molecule has 0 bridgehead atoms. The molecule has 0 aliphatic carbocycles. The number of hydrogen-bond donors (Lipinski definition) is 1. The Kier molecular flexibility index (Phi) is 3.69. The van der Waals surface area contributed by atoms with Crippen LogP contribution in [0.4, 0.5) is 5.69 Å². The van der Waals surface area contributed by atoms with Gasteiger partial charge in [-0.05, 0) is 18.1 Å². The molecular weight excluding hydrogens is 174 g/mol. The lowest BCUT2D eigenvalue weighted by atomic mass is 9.97. The summed E-state index contributed by atoms with van der Waals surface area (Å²) in [4.78, 5) is 11.6. The minimum Gasteiger partial charge on any atom is -0.326 e. The molecule has 1 unspecified atom stereocenters. The molecule has 0 fully saturated rings. The smallest absolute Gasteiger partial charge is 0.227 e. The first-order chi connectivity index (χ1) is 6.61. The van der Waals surface area contributed by atoms with Crippen LogP contribution in [0.2, 0.25) is 0 Å². The van der Waals surface area contributed by atoms with Crippen LogP contribution in [0.3, 0.4) is 0 Å². The molecule has 2 heteroatoms. The summed E-state index contributed by atoms with van der Waals surface area (Å²) >= 11 is 0. The molecule has 0 saturated carbocycles. The normalized spacial score (nSPS) is 12.6. The van der Waals surface area contributed by atoms with Crippen LogP contribution in [0.15, 0.2) is 30.3 Å². The average Bonchev–Trinajstić information content (AvgIpc) is 2.18. The largest absolute Gasteiger partial charge is 0.326 e. The topological polar surface area (TPSA) is 29.1 Å². The second kappa shape index (κ2) is 4.80. The predicted molar refractivity (Wildman–Crippen MR) is 59.1 cm³/mol. The number of amides is 1. The van der Waals surface area contributed by atoms with Crippen molar-refractivity contribution in [2.45, 2.75) is 20.8 Å². The number of rotatable bonds is 3. The lowest BCUT2D eigenvalue weighted by Gasteiger charge is -2.15. The second-order valence-electron chi connectivity index (χ2n) is 3.89. The Hall–Kier alpha value is -1.31. The summed E-state index contributed by atoms with van der Waals surface area (Å²) in [5.74, 6) is 0.514. The van der Waals surface area contributed by atoms with E-state index in [9.17, 15) is 4.79 Å². The van der Waals surface area contributed by atoms with E-state index in [1.807, 2.05) is 37.3 Å². The van der Waals surface area contributed by atoms with Gasteiger partial charge >= 0.3 is 0 Å². The van der Waals surface area contributed by atoms with Gasteiger partial charge in [0, 0.05) is 11.6 Å². The highest BCUT2D eigenvalue weighted by Crippen LogP contribution is 2.13. The summed E-state index contributed by atoms with van der Waals surface area (Å²) in [6, 6.07) is 9.54. The maximum absolute atomic E-state index is 11.6. The summed E-state index contributed by atoms with van der Waals surface area (Å²) in [7, 11) is 0. The second-order valence-corrected chi connectivity index (χ2v) is 3.89. The maximum Gasteiger partial charge on any atom is 0.227 e. The SMILES string of the molecule is CC(C)C(C)C(=O)Nc1ccccc1. The monoisotopic (exact) mass is 191 g/mol. The van der Waals surface area contributed by atoms with Gasteiger partial charge in [0.25, 0.3) is 0 Å². The number of carbonyl (C=O) groups excluding carboxylic acids is 1. The zero-order valence-electron chi connectivity index (χ0n) is 8.95. The zero-order valence-corrected chi connectivity index (χ0v) is 8.95. The fourth-order valence-electron chi connectivity index (χ4n) is 1.08. The third-order valence-corrected chi connectivity index (χ3v) is 2.45. The number of hydrogen-bond acceptors (Lipinski definition) is 1. The average molecular weight is 191 g/mol. The molecule has 1 aromatic carbocycles. The standard InChI is InChI=1S/C12H17NO/c1-9(2)10(3)12(14)13-11-7-5-4-6-8-11/h4-10H,1-3H3,(H,13,14). The van der Waals surface area contributed by atoms with E-state index in [2.05, 4.69) is 19.2 Å². The first-order valence-electron chi connectivity index (χ1n) is 4.97. The van der Waals surface area contributed by atoms with Crippen LogP contribution >= 0.6 is 0 Å². The lowest BCUT2D eigenvalue weighted by molar-refractivity contribution is -0.120. The van der Waals surface area contributed by atoms with Gasteiger partial charge in [0.1, 0.15) is 0 Å². The third-order valence-electron chi connectivity index (χ3n) is 2.45. The Balaban J connectivity index is 2.58. The summed E-state index contributed by atoms with van der Waals surface area (Å²) in [6.45, 7) is 6.05. The van der Waals surface area contributed by atoms with Crippen molar-refractivity contribution in [2.75, 3.05) is 5.32 Å². The van der Waals surface area contributed by atoms with Gasteiger partial charge in [0.2, 0.25) is 5.91 Å². The van der Waals surface area contributed by atoms with Gasteiger partial charge < -0.3 is 5.32 Å². The van der Waals surface area contributed by atoms with E-state index >= 15 is 0 Å². The molecule has 2 nitrogen and oxygen atoms in total. The van der Waals surface area contributed by atoms with E-state index in [0.29, 0.717) is 5.92 Å². The van der Waals surface area contributed by atoms with Crippen LogP contribution in [0.1, 0.15) is 20.8 Å². The van der Waals surface area contributed by atoms with Gasteiger partial charge in [-0.3, -0.25) is 4.79 Å². The van der Waals surface area contributed by atoms with Crippen molar-refractivity contribution in [3.63, 3.8) is 0 Å². The Bertz CT molecular complexity index is 292. The first kappa shape index (κ1) is 10.8. The number of para-hydroxylation sites is 1. The van der Waals surface area contributed by atoms with Gasteiger partial charge in [0.15, 0.2) is 0 Å². The van der Waals surface area contributed by atoms with Crippen molar-refractivity contribution in [3.8, 4) is 0 Å². The quantitative estimate of drug-likeness (QED) is 0.782. The molecule has 1 aromatic rings. The highest BCUT2D eigenvalue weighted by Gasteiger charge is 2.16. The Labute approximate surface area is 85.3 Å². The highest BCUT2D eigenvalue weighted by atomic mass is 16.1. The minimum atomic E-state index is 0.0511. The first-order valence-corrected chi connectivity index (χ1v) is 4.97. The summed E-state index contributed by atoms with van der Waals surface area (Å²) in [6.07, 6.45) is 0. The van der Waals surface area contributed by atoms with Crippen molar-refractivity contribution in [1.29, 1.82) is 0 Å². The van der Waals surface area contributed by atoms with E-state index < -0.39 is 0 Å². The molecule has 1 atom stereocenters. The van der Waals surface area contributed by atoms with Crippen molar-refractivity contribution >= 4 is 11.6 Å². The molecular formula is C12H17NO. The van der Waals surface area contributed by atoms with Crippen LogP contribution in [0, 0.1) is 11.8 Å². The Morgan fingerprint density at radius 2 is 1.71 bits per heavy atom. The van der Waals surface area contributed by atoms with E-state index in [1.54, 1.807) is 0 Å². The molecule has 1 amide bonds. The molecule has 0 aliphatic heterocycles. The molecule has 1 rings (SSSR count). The third kappa shape index (κ3) is 2.87. The molecule has 0 radical (unpaired) electrons. The van der Waals surface area contributed by atoms with E-state index in [4.69, 9.17) is 0 Å². The molecule has 0 heterocycles. The van der Waals surface area contributed by atoms with E-state index in [0.717, 1.165) is 5.69 Å². The molecule has 0 aromatic heterocycles. The van der Waals surface area contributed by atoms with Crippen LogP contribution in [0.25, 0.3) is 0 Å². The van der Waals surface area contributed by atoms with Gasteiger partial charge in [-0.2, -0.15) is 0 Å². The van der Waals surface area contributed by atoms with Crippen molar-refractivity contribution in [3.05, 3.63) is 30.3 Å². The number of benzene rings is 1. The predicted octanol–water partition coefficient (Wildman–Crippen LogP) is 2.92. The number of nitrogens with one attached hydrogen (secondary N) is 1. The van der Waals surface area contributed by atoms with E-state index in [1.165, 1.54) is 0 Å². The zero-order chi connectivity index (χ0) is 10.6. The molecule has 0 spiro atoms. The van der Waals surface area contributed by atoms with Crippen LogP contribution in [0.5, 0.6) is 0 Å². The molecule has 0 aliphatic rings. The highest BCUT2D eigenvalue weighted by molar-refractivity contribution is 5.92. The number of anilines is 1. The minimum absolute atomic E-state index is 0.0511. The molecule has 1 N–H and O–H groups in total. The molecule has 0 saturated heterocycles. The lowest BCUT2D eigenvalue weighted by Crippen LogP contribution is -2.24. The summed E-state index contributed by atoms with van der Waals surface area (Å²) < 4.78 is 0. The van der Waals surface area contributed by atoms with Crippen molar-refractivity contribution in [2.24, 2.45) is 11.8 Å².